The minimum absolute atomic E-state index is 0.0357. The van der Waals surface area contributed by atoms with Gasteiger partial charge in [-0.25, -0.2) is 8.78 Å². The van der Waals surface area contributed by atoms with E-state index in [0.29, 0.717) is 32.0 Å². The van der Waals surface area contributed by atoms with Gasteiger partial charge in [0.25, 0.3) is 5.91 Å². The van der Waals surface area contributed by atoms with Crippen molar-refractivity contribution in [1.29, 1.82) is 0 Å². The molecule has 1 unspecified atom stereocenters. The molecule has 142 valence electrons. The van der Waals surface area contributed by atoms with Crippen LogP contribution in [0.4, 0.5) is 8.78 Å². The molecular formula is C21H22F2N2O2. The normalized spacial score (nSPS) is 16.0. The van der Waals surface area contributed by atoms with Gasteiger partial charge in [-0.3, -0.25) is 9.59 Å². The molecule has 0 saturated carbocycles. The number of likely N-dealkylation sites (tertiary alicyclic amines) is 1. The van der Waals surface area contributed by atoms with E-state index in [2.05, 4.69) is 5.32 Å². The van der Waals surface area contributed by atoms with Crippen LogP contribution in [0.15, 0.2) is 48.5 Å². The number of nitrogens with one attached hydrogen (secondary N) is 1. The first kappa shape index (κ1) is 19.0. The Morgan fingerprint density at radius 3 is 2.37 bits per heavy atom. The third-order valence-corrected chi connectivity index (χ3v) is 4.97. The monoisotopic (exact) mass is 372 g/mol. The number of nitrogens with zero attached hydrogens (tertiary/aromatic N) is 1. The number of piperidine rings is 1. The number of carbonyl (C=O) groups is 2. The van der Waals surface area contributed by atoms with E-state index in [1.807, 2.05) is 37.3 Å². The molecule has 1 N–H and O–H groups in total. The molecule has 0 bridgehead atoms. The molecule has 0 spiro atoms. The van der Waals surface area contributed by atoms with E-state index in [1.165, 1.54) is 4.90 Å². The zero-order chi connectivity index (χ0) is 19.4. The van der Waals surface area contributed by atoms with Gasteiger partial charge in [0.2, 0.25) is 5.91 Å². The molecule has 2 aromatic rings. The topological polar surface area (TPSA) is 49.4 Å². The molecule has 1 saturated heterocycles. The van der Waals surface area contributed by atoms with Gasteiger partial charge in [-0.2, -0.15) is 0 Å². The lowest BCUT2D eigenvalue weighted by molar-refractivity contribution is -0.127. The van der Waals surface area contributed by atoms with Gasteiger partial charge in [-0.05, 0) is 37.5 Å². The first-order valence-corrected chi connectivity index (χ1v) is 9.05. The van der Waals surface area contributed by atoms with E-state index in [4.69, 9.17) is 0 Å². The van der Waals surface area contributed by atoms with Crippen molar-refractivity contribution < 1.29 is 18.4 Å². The Hall–Kier alpha value is -2.76. The maximum Gasteiger partial charge on any atom is 0.256 e. The van der Waals surface area contributed by atoms with Gasteiger partial charge in [0, 0.05) is 25.1 Å². The molecular weight excluding hydrogens is 350 g/mol. The van der Waals surface area contributed by atoms with E-state index in [0.717, 1.165) is 17.7 Å². The van der Waals surface area contributed by atoms with Gasteiger partial charge < -0.3 is 10.2 Å². The Bertz CT molecular complexity index is 818. The molecule has 27 heavy (non-hydrogen) atoms. The summed E-state index contributed by atoms with van der Waals surface area (Å²) in [4.78, 5) is 26.5. The molecule has 1 heterocycles. The van der Waals surface area contributed by atoms with E-state index in [9.17, 15) is 18.4 Å². The van der Waals surface area contributed by atoms with Gasteiger partial charge in [-0.1, -0.05) is 30.3 Å². The average molecular weight is 372 g/mol. The molecule has 3 rings (SSSR count). The molecule has 1 atom stereocenters. The Morgan fingerprint density at radius 2 is 1.74 bits per heavy atom. The fraction of sp³-hybridized carbons (Fsp3) is 0.333. The van der Waals surface area contributed by atoms with Crippen molar-refractivity contribution in [1.82, 2.24) is 10.2 Å². The lowest BCUT2D eigenvalue weighted by atomic mass is 9.94. The highest BCUT2D eigenvalue weighted by Gasteiger charge is 2.29. The van der Waals surface area contributed by atoms with E-state index >= 15 is 0 Å². The van der Waals surface area contributed by atoms with Gasteiger partial charge in [-0.15, -0.1) is 0 Å². The second kappa shape index (κ2) is 8.29. The van der Waals surface area contributed by atoms with Crippen LogP contribution < -0.4 is 5.32 Å². The first-order valence-electron chi connectivity index (χ1n) is 9.05. The summed E-state index contributed by atoms with van der Waals surface area (Å²) < 4.78 is 26.8. The van der Waals surface area contributed by atoms with Crippen molar-refractivity contribution in [3.8, 4) is 0 Å². The lowest BCUT2D eigenvalue weighted by Crippen LogP contribution is -2.43. The molecule has 1 aliphatic rings. The van der Waals surface area contributed by atoms with Crippen LogP contribution in [0, 0.1) is 17.6 Å². The smallest absolute Gasteiger partial charge is 0.256 e. The molecule has 2 amide bonds. The van der Waals surface area contributed by atoms with E-state index in [1.54, 1.807) is 0 Å². The largest absolute Gasteiger partial charge is 0.349 e. The Balaban J connectivity index is 1.55. The highest BCUT2D eigenvalue weighted by atomic mass is 19.1. The molecule has 6 heteroatoms. The second-order valence-electron chi connectivity index (χ2n) is 6.83. The SMILES string of the molecule is CC(NC(=O)C1CCN(C(=O)c2ccc(F)cc2F)CC1)c1ccccc1. The van der Waals surface area contributed by atoms with Crippen molar-refractivity contribution in [3.05, 3.63) is 71.3 Å². The van der Waals surface area contributed by atoms with Crippen molar-refractivity contribution in [2.75, 3.05) is 13.1 Å². The van der Waals surface area contributed by atoms with Crippen molar-refractivity contribution in [3.63, 3.8) is 0 Å². The molecule has 1 aliphatic heterocycles. The Morgan fingerprint density at radius 1 is 1.07 bits per heavy atom. The molecule has 0 aromatic heterocycles. The van der Waals surface area contributed by atoms with Crippen LogP contribution in [0.2, 0.25) is 0 Å². The third kappa shape index (κ3) is 4.51. The van der Waals surface area contributed by atoms with Crippen molar-refractivity contribution in [2.45, 2.75) is 25.8 Å². The van der Waals surface area contributed by atoms with Gasteiger partial charge >= 0.3 is 0 Å². The number of benzene rings is 2. The summed E-state index contributed by atoms with van der Waals surface area (Å²) >= 11 is 0. The Kier molecular flexibility index (Phi) is 5.84. The predicted octanol–water partition coefficient (Wildman–Crippen LogP) is 3.69. The highest BCUT2D eigenvalue weighted by Crippen LogP contribution is 2.22. The van der Waals surface area contributed by atoms with Crippen LogP contribution in [-0.4, -0.2) is 29.8 Å². The number of hydrogen-bond donors (Lipinski definition) is 1. The molecule has 0 aliphatic carbocycles. The zero-order valence-electron chi connectivity index (χ0n) is 15.1. The van der Waals surface area contributed by atoms with E-state index < -0.39 is 17.5 Å². The maximum absolute atomic E-state index is 13.8. The molecule has 2 aromatic carbocycles. The quantitative estimate of drug-likeness (QED) is 0.890. The van der Waals surface area contributed by atoms with Crippen LogP contribution >= 0.6 is 0 Å². The fourth-order valence-electron chi connectivity index (χ4n) is 3.33. The van der Waals surface area contributed by atoms with Crippen LogP contribution in [0.3, 0.4) is 0 Å². The standard InChI is InChI=1S/C21H22F2N2O2/c1-14(15-5-3-2-4-6-15)24-20(26)16-9-11-25(12-10-16)21(27)18-8-7-17(22)13-19(18)23/h2-8,13-14,16H,9-12H2,1H3,(H,24,26). The molecule has 1 fully saturated rings. The zero-order valence-corrected chi connectivity index (χ0v) is 15.1. The number of rotatable bonds is 4. The average Bonchev–Trinajstić information content (AvgIpc) is 2.68. The maximum atomic E-state index is 13.8. The van der Waals surface area contributed by atoms with Crippen molar-refractivity contribution in [2.24, 2.45) is 5.92 Å². The summed E-state index contributed by atoms with van der Waals surface area (Å²) in [6.07, 6.45) is 1.03. The lowest BCUT2D eigenvalue weighted by Gasteiger charge is -2.32. The first-order chi connectivity index (χ1) is 13.0. The highest BCUT2D eigenvalue weighted by molar-refractivity contribution is 5.94. The van der Waals surface area contributed by atoms with Gasteiger partial charge in [0.15, 0.2) is 0 Å². The summed E-state index contributed by atoms with van der Waals surface area (Å²) in [6.45, 7) is 2.67. The number of hydrogen-bond acceptors (Lipinski definition) is 2. The van der Waals surface area contributed by atoms with Crippen LogP contribution in [0.25, 0.3) is 0 Å². The van der Waals surface area contributed by atoms with E-state index in [-0.39, 0.29) is 23.4 Å². The summed E-state index contributed by atoms with van der Waals surface area (Å²) in [6, 6.07) is 12.6. The summed E-state index contributed by atoms with van der Waals surface area (Å²) in [7, 11) is 0. The minimum atomic E-state index is -0.864. The molecule has 4 nitrogen and oxygen atoms in total. The summed E-state index contributed by atoms with van der Waals surface area (Å²) in [5.74, 6) is -2.27. The van der Waals surface area contributed by atoms with Crippen LogP contribution in [-0.2, 0) is 4.79 Å². The minimum Gasteiger partial charge on any atom is -0.349 e. The van der Waals surface area contributed by atoms with Crippen LogP contribution in [0.1, 0.15) is 41.7 Å². The number of halogens is 2. The predicted molar refractivity (Wildman–Crippen MR) is 98.0 cm³/mol. The number of amides is 2. The van der Waals surface area contributed by atoms with Crippen LogP contribution in [0.5, 0.6) is 0 Å². The second-order valence-corrected chi connectivity index (χ2v) is 6.83. The third-order valence-electron chi connectivity index (χ3n) is 4.97. The summed E-state index contributed by atoms with van der Waals surface area (Å²) in [5.41, 5.74) is 0.891. The fourth-order valence-corrected chi connectivity index (χ4v) is 3.33. The number of carbonyl (C=O) groups excluding carboxylic acids is 2. The Labute approximate surface area is 157 Å². The van der Waals surface area contributed by atoms with Gasteiger partial charge in [0.1, 0.15) is 11.6 Å². The summed E-state index contributed by atoms with van der Waals surface area (Å²) in [5, 5.41) is 3.01. The van der Waals surface area contributed by atoms with Gasteiger partial charge in [0.05, 0.1) is 11.6 Å². The van der Waals surface area contributed by atoms with Crippen molar-refractivity contribution >= 4 is 11.8 Å². The molecule has 0 radical (unpaired) electrons.